The molecule has 186 valence electrons. The van der Waals surface area contributed by atoms with E-state index in [-0.39, 0.29) is 17.8 Å². The molecule has 2 aromatic carbocycles. The van der Waals surface area contributed by atoms with E-state index in [9.17, 15) is 18.0 Å². The molecule has 0 spiro atoms. The molecule has 0 radical (unpaired) electrons. The van der Waals surface area contributed by atoms with Crippen molar-refractivity contribution in [2.75, 3.05) is 11.9 Å². The molecule has 35 heavy (non-hydrogen) atoms. The number of hydrogen-bond acceptors (Lipinski definition) is 5. The van der Waals surface area contributed by atoms with E-state index in [1.165, 1.54) is 18.2 Å². The first-order chi connectivity index (χ1) is 16.6. The van der Waals surface area contributed by atoms with Crippen molar-refractivity contribution in [3.05, 3.63) is 77.6 Å². The largest absolute Gasteiger partial charge is 0.573 e. The van der Waals surface area contributed by atoms with Crippen molar-refractivity contribution in [3.8, 4) is 17.2 Å². The van der Waals surface area contributed by atoms with Crippen LogP contribution in [0.2, 0.25) is 0 Å². The number of halogens is 3. The Morgan fingerprint density at radius 1 is 1.03 bits per heavy atom. The lowest BCUT2D eigenvalue weighted by Crippen LogP contribution is -2.17. The summed E-state index contributed by atoms with van der Waals surface area (Å²) in [6, 6.07) is 15.3. The second-order valence-electron chi connectivity index (χ2n) is 7.93. The van der Waals surface area contributed by atoms with Crippen LogP contribution in [0.1, 0.15) is 42.0 Å². The molecule has 0 aliphatic heterocycles. The zero-order valence-electron chi connectivity index (χ0n) is 19.7. The van der Waals surface area contributed by atoms with Crippen LogP contribution in [-0.2, 0) is 11.2 Å². The predicted molar refractivity (Wildman–Crippen MR) is 126 cm³/mol. The Morgan fingerprint density at radius 2 is 1.71 bits per heavy atom. The number of carbonyl (C=O) groups excluding carboxylic acids is 1. The van der Waals surface area contributed by atoms with Gasteiger partial charge in [0, 0.05) is 36.5 Å². The van der Waals surface area contributed by atoms with Crippen molar-refractivity contribution >= 4 is 11.6 Å². The Bertz CT molecular complexity index is 1150. The molecule has 3 aromatic rings. The highest BCUT2D eigenvalue weighted by molar-refractivity contribution is 6.05. The molecule has 1 heterocycles. The van der Waals surface area contributed by atoms with E-state index in [4.69, 9.17) is 9.47 Å². The van der Waals surface area contributed by atoms with Crippen LogP contribution in [0.25, 0.3) is 0 Å². The van der Waals surface area contributed by atoms with Crippen molar-refractivity contribution < 1.29 is 32.2 Å². The highest BCUT2D eigenvalue weighted by atomic mass is 19.4. The second kappa shape index (κ2) is 11.7. The van der Waals surface area contributed by atoms with Crippen LogP contribution in [0.15, 0.2) is 60.7 Å². The molecule has 0 saturated carbocycles. The minimum atomic E-state index is -4.80. The molecule has 9 heteroatoms. The summed E-state index contributed by atoms with van der Waals surface area (Å²) >= 11 is 0. The van der Waals surface area contributed by atoms with E-state index in [1.807, 2.05) is 13.0 Å². The maximum absolute atomic E-state index is 12.8. The number of anilines is 1. The van der Waals surface area contributed by atoms with Crippen LogP contribution in [0.4, 0.5) is 18.9 Å². The van der Waals surface area contributed by atoms with Gasteiger partial charge < -0.3 is 19.5 Å². The number of nitrogens with zero attached hydrogens (tertiary/aromatic N) is 1. The fraction of sp³-hybridized carbons (Fsp3) is 0.308. The highest BCUT2D eigenvalue weighted by Gasteiger charge is 2.31. The first-order valence-corrected chi connectivity index (χ1v) is 11.2. The summed E-state index contributed by atoms with van der Waals surface area (Å²) in [5, 5.41) is 2.80. The molecule has 0 aliphatic carbocycles. The second-order valence-corrected chi connectivity index (χ2v) is 7.93. The first kappa shape index (κ1) is 26.0. The number of aryl methyl sites for hydroxylation is 1. The number of amides is 1. The quantitative estimate of drug-likeness (QED) is 0.344. The van der Waals surface area contributed by atoms with Gasteiger partial charge in [0.2, 0.25) is 0 Å². The molecule has 0 saturated heterocycles. The van der Waals surface area contributed by atoms with Crippen molar-refractivity contribution in [2.24, 2.45) is 0 Å². The summed E-state index contributed by atoms with van der Waals surface area (Å²) in [7, 11) is 0. The van der Waals surface area contributed by atoms with Gasteiger partial charge in [-0.15, -0.1) is 13.2 Å². The lowest BCUT2D eigenvalue weighted by Gasteiger charge is -2.14. The van der Waals surface area contributed by atoms with E-state index in [0.717, 1.165) is 18.2 Å². The lowest BCUT2D eigenvalue weighted by molar-refractivity contribution is -0.274. The molecule has 1 amide bonds. The molecule has 1 aromatic heterocycles. The lowest BCUT2D eigenvalue weighted by atomic mass is 10.1. The van der Waals surface area contributed by atoms with Gasteiger partial charge in [0.1, 0.15) is 17.2 Å². The van der Waals surface area contributed by atoms with Crippen LogP contribution in [-0.4, -0.2) is 30.0 Å². The number of ether oxygens (including phenoxy) is 3. The Kier molecular flexibility index (Phi) is 8.70. The zero-order chi connectivity index (χ0) is 25.4. The Morgan fingerprint density at radius 3 is 2.40 bits per heavy atom. The summed E-state index contributed by atoms with van der Waals surface area (Å²) in [4.78, 5) is 17.4. The van der Waals surface area contributed by atoms with E-state index < -0.39 is 12.1 Å². The van der Waals surface area contributed by atoms with Gasteiger partial charge in [-0.3, -0.25) is 9.78 Å². The van der Waals surface area contributed by atoms with E-state index in [1.54, 1.807) is 37.3 Å². The summed E-state index contributed by atoms with van der Waals surface area (Å²) in [6.45, 7) is 6.50. The van der Waals surface area contributed by atoms with Crippen LogP contribution in [0.5, 0.6) is 17.2 Å². The molecule has 0 bridgehead atoms. The normalized spacial score (nSPS) is 12.2. The van der Waals surface area contributed by atoms with E-state index in [2.05, 4.69) is 22.0 Å². The number of alkyl halides is 3. The van der Waals surface area contributed by atoms with Gasteiger partial charge in [0.15, 0.2) is 0 Å². The molecule has 0 aliphatic rings. The molecule has 6 nitrogen and oxygen atoms in total. The maximum atomic E-state index is 12.8. The molecule has 1 atom stereocenters. The number of rotatable bonds is 10. The van der Waals surface area contributed by atoms with Gasteiger partial charge in [0.05, 0.1) is 17.4 Å². The number of carbonyl (C=O) groups is 1. The van der Waals surface area contributed by atoms with Gasteiger partial charge in [0.25, 0.3) is 5.91 Å². The van der Waals surface area contributed by atoms with Gasteiger partial charge in [-0.2, -0.15) is 0 Å². The van der Waals surface area contributed by atoms with Crippen molar-refractivity contribution in [2.45, 2.75) is 46.1 Å². The monoisotopic (exact) mass is 488 g/mol. The Hall–Kier alpha value is -3.59. The molecular formula is C26H27F3N2O4. The molecule has 3 rings (SSSR count). The predicted octanol–water partition coefficient (Wildman–Crippen LogP) is 6.69. The summed E-state index contributed by atoms with van der Waals surface area (Å²) < 4.78 is 52.6. The number of pyridine rings is 1. The first-order valence-electron chi connectivity index (χ1n) is 11.2. The van der Waals surface area contributed by atoms with Crippen molar-refractivity contribution in [1.29, 1.82) is 0 Å². The smallest absolute Gasteiger partial charge is 0.457 e. The van der Waals surface area contributed by atoms with Gasteiger partial charge in [-0.05, 0) is 56.7 Å². The number of hydrogen-bond donors (Lipinski definition) is 1. The third kappa shape index (κ3) is 8.29. The van der Waals surface area contributed by atoms with Crippen LogP contribution >= 0.6 is 0 Å². The third-order valence-electron chi connectivity index (χ3n) is 4.86. The van der Waals surface area contributed by atoms with Crippen molar-refractivity contribution in [3.63, 3.8) is 0 Å². The fourth-order valence-electron chi connectivity index (χ4n) is 3.35. The fourth-order valence-corrected chi connectivity index (χ4v) is 3.35. The van der Waals surface area contributed by atoms with Crippen LogP contribution in [0, 0.1) is 6.92 Å². The summed E-state index contributed by atoms with van der Waals surface area (Å²) in [5.74, 6) is -0.243. The zero-order valence-corrected chi connectivity index (χ0v) is 19.7. The topological polar surface area (TPSA) is 69.7 Å². The summed E-state index contributed by atoms with van der Waals surface area (Å²) in [5.41, 5.74) is 2.32. The number of nitrogens with one attached hydrogen (secondary N) is 1. The van der Waals surface area contributed by atoms with Crippen LogP contribution < -0.4 is 14.8 Å². The van der Waals surface area contributed by atoms with E-state index >= 15 is 0 Å². The van der Waals surface area contributed by atoms with Crippen LogP contribution in [0.3, 0.4) is 0 Å². The van der Waals surface area contributed by atoms with Gasteiger partial charge in [-0.1, -0.05) is 19.1 Å². The summed E-state index contributed by atoms with van der Waals surface area (Å²) in [6.07, 6.45) is -3.17. The van der Waals surface area contributed by atoms with Gasteiger partial charge >= 0.3 is 6.36 Å². The van der Waals surface area contributed by atoms with Crippen molar-refractivity contribution in [1.82, 2.24) is 4.98 Å². The van der Waals surface area contributed by atoms with Gasteiger partial charge in [-0.25, -0.2) is 0 Å². The SMILES string of the molecule is CCCOC(C)Cc1ccc(C(=O)Nc2cccc(Oc3cccc(OC(F)(F)F)c3)c2)c(C)n1. The maximum Gasteiger partial charge on any atom is 0.573 e. The highest BCUT2D eigenvalue weighted by Crippen LogP contribution is 2.30. The standard InChI is InChI=1S/C26H27F3N2O4/c1-4-13-33-17(2)14-20-11-12-24(18(3)30-20)25(32)31-19-7-5-8-21(15-19)34-22-9-6-10-23(16-22)35-26(27,28)29/h5-12,15-17H,4,13-14H2,1-3H3,(H,31,32). The number of benzene rings is 2. The Balaban J connectivity index is 1.65. The number of aromatic nitrogens is 1. The minimum absolute atomic E-state index is 0.0324. The molecule has 1 N–H and O–H groups in total. The molecule has 1 unspecified atom stereocenters. The minimum Gasteiger partial charge on any atom is -0.457 e. The molecular weight excluding hydrogens is 461 g/mol. The molecule has 0 fully saturated rings. The Labute approximate surface area is 202 Å². The third-order valence-corrected chi connectivity index (χ3v) is 4.86. The average molecular weight is 489 g/mol. The van der Waals surface area contributed by atoms with E-state index in [0.29, 0.717) is 35.7 Å². The average Bonchev–Trinajstić information content (AvgIpc) is 2.77.